The molecule has 0 saturated carbocycles. The first-order chi connectivity index (χ1) is 34.0. The van der Waals surface area contributed by atoms with Crippen molar-refractivity contribution < 1.29 is 39.2 Å². The number of benzene rings is 2. The summed E-state index contributed by atoms with van der Waals surface area (Å²) in [4.78, 5) is 61.3. The van der Waals surface area contributed by atoms with Crippen LogP contribution in [0.1, 0.15) is 44.9 Å². The van der Waals surface area contributed by atoms with Crippen LogP contribution in [0.3, 0.4) is 0 Å². The van der Waals surface area contributed by atoms with Gasteiger partial charge in [-0.3, -0.25) is 23.7 Å². The molecule has 10 rings (SSSR count). The van der Waals surface area contributed by atoms with Gasteiger partial charge in [-0.1, -0.05) is 35.8 Å². The molecular formula is C50H50N14O8. The van der Waals surface area contributed by atoms with Gasteiger partial charge in [-0.05, 0) is 60.7 Å². The molecule has 2 aromatic carbocycles. The molecule has 0 bridgehead atoms. The molecule has 6 aromatic heterocycles. The molecule has 0 radical (unpaired) electrons. The van der Waals surface area contributed by atoms with Crippen LogP contribution in [-0.4, -0.2) is 151 Å². The third-order valence-corrected chi connectivity index (χ3v) is 11.7. The molecule has 8 aromatic rings. The Hall–Kier alpha value is -9.06. The summed E-state index contributed by atoms with van der Waals surface area (Å²) >= 11 is 0. The maximum absolute atomic E-state index is 12.4. The predicted molar refractivity (Wildman–Crippen MR) is 263 cm³/mol. The predicted octanol–water partition coefficient (Wildman–Crippen LogP) is 2.19. The lowest BCUT2D eigenvalue weighted by Crippen LogP contribution is -2.37. The Morgan fingerprint density at radius 1 is 0.667 bits per heavy atom. The van der Waals surface area contributed by atoms with Crippen LogP contribution >= 0.6 is 0 Å². The van der Waals surface area contributed by atoms with E-state index in [1.54, 1.807) is 113 Å². The van der Waals surface area contributed by atoms with Crippen LogP contribution in [0.2, 0.25) is 0 Å². The fraction of sp³-hybridized carbons (Fsp3) is 0.240. The number of likely N-dealkylation sites (tertiary alicyclic amines) is 2. The highest BCUT2D eigenvalue weighted by atomic mass is 16.5. The van der Waals surface area contributed by atoms with Crippen molar-refractivity contribution in [3.8, 4) is 57.6 Å². The van der Waals surface area contributed by atoms with Crippen LogP contribution in [0, 0.1) is 23.7 Å². The summed E-state index contributed by atoms with van der Waals surface area (Å²) in [5.41, 5.74) is 8.66. The number of primary amides is 1. The van der Waals surface area contributed by atoms with Gasteiger partial charge < -0.3 is 41.7 Å². The number of carbonyl (C=O) groups is 4. The number of likely N-dealkylation sites (N-methyl/N-ethyl adjacent to an activating group) is 2. The SMILES string of the molecule is CN1CC[C@@](O)(C#Cc2cccc(-n3nc(C(N)=O)c4ccc(-c5cnn(C)c5)nc43)c2)C1=O.CO.COC(=O)c1nn(-c2cccc(C#C[C@]3(O)CCN(C)C3=O)c2)c2nc(-c3cnn(C)c3)ccc12.N. The molecule has 0 unspecified atom stereocenters. The number of hydrogen-bond donors (Lipinski definition) is 5. The summed E-state index contributed by atoms with van der Waals surface area (Å²) in [6.07, 6.45) is 7.60. The number of nitrogens with two attached hydrogens (primary N) is 1. The topological polar surface area (TPSA) is 303 Å². The Morgan fingerprint density at radius 3 is 1.47 bits per heavy atom. The second kappa shape index (κ2) is 20.5. The number of aliphatic hydroxyl groups excluding tert-OH is 1. The first-order valence-electron chi connectivity index (χ1n) is 21.9. The molecule has 2 aliphatic rings. The maximum atomic E-state index is 12.4. The number of fused-ring (bicyclic) bond motifs is 2. The van der Waals surface area contributed by atoms with E-state index in [2.05, 4.69) is 44.1 Å². The lowest BCUT2D eigenvalue weighted by Gasteiger charge is -2.13. The van der Waals surface area contributed by atoms with Crippen molar-refractivity contribution in [2.75, 3.05) is 41.4 Å². The van der Waals surface area contributed by atoms with Gasteiger partial charge >= 0.3 is 5.97 Å². The van der Waals surface area contributed by atoms with E-state index < -0.39 is 34.9 Å². The lowest BCUT2D eigenvalue weighted by molar-refractivity contribution is -0.138. The minimum absolute atomic E-state index is 0. The fourth-order valence-corrected chi connectivity index (χ4v) is 7.93. The van der Waals surface area contributed by atoms with E-state index >= 15 is 0 Å². The summed E-state index contributed by atoms with van der Waals surface area (Å²) in [6.45, 7) is 0.898. The Kier molecular flexibility index (Phi) is 14.5. The number of rotatable bonds is 6. The van der Waals surface area contributed by atoms with Gasteiger partial charge in [0.25, 0.3) is 17.7 Å². The number of amides is 3. The van der Waals surface area contributed by atoms with Crippen molar-refractivity contribution in [3.63, 3.8) is 0 Å². The third-order valence-electron chi connectivity index (χ3n) is 11.7. The van der Waals surface area contributed by atoms with E-state index in [4.69, 9.17) is 25.5 Å². The number of methoxy groups -OCH3 is 1. The summed E-state index contributed by atoms with van der Waals surface area (Å²) < 4.78 is 11.4. The van der Waals surface area contributed by atoms with Crippen LogP contribution in [0.5, 0.6) is 0 Å². The molecule has 72 heavy (non-hydrogen) atoms. The van der Waals surface area contributed by atoms with E-state index in [-0.39, 0.29) is 30.4 Å². The number of nitrogens with zero attached hydrogens (tertiary/aromatic N) is 12. The van der Waals surface area contributed by atoms with Gasteiger partial charge in [0.2, 0.25) is 11.2 Å². The summed E-state index contributed by atoms with van der Waals surface area (Å²) in [7, 11) is 9.21. The van der Waals surface area contributed by atoms with E-state index in [9.17, 15) is 29.4 Å². The molecule has 0 spiro atoms. The summed E-state index contributed by atoms with van der Waals surface area (Å²) in [5.74, 6) is 9.17. The number of pyridine rings is 2. The van der Waals surface area contributed by atoms with Crippen molar-refractivity contribution in [1.29, 1.82) is 0 Å². The molecule has 2 saturated heterocycles. The van der Waals surface area contributed by atoms with Gasteiger partial charge in [-0.2, -0.15) is 20.4 Å². The molecule has 22 nitrogen and oxygen atoms in total. The first kappa shape index (κ1) is 50.8. The monoisotopic (exact) mass is 974 g/mol. The number of aromatic nitrogens is 10. The van der Waals surface area contributed by atoms with Gasteiger partial charge in [0.15, 0.2) is 22.7 Å². The molecule has 8 heterocycles. The highest BCUT2D eigenvalue weighted by Crippen LogP contribution is 2.29. The molecule has 0 aliphatic carbocycles. The standard InChI is InChI=1S/C25H22N6O4.C24H21N7O3.CH4O.H3N/c1-29-12-11-25(34,24(29)33)10-9-16-5-4-6-18(13-16)31-22-19(21(28-31)23(32)35-3)7-8-20(27-22)17-14-26-30(2)15-17;1-29-11-10-24(34,23(29)33)9-8-15-4-3-5-17(12-15)31-22-18(20(28-31)21(25)32)6-7-19(27-22)16-13-26-30(2)14-16;1-2;/h4-8,13-15,34H,11-12H2,1-3H3;3-7,12-14,34H,10-11H2,1-2H3,(H2,25,32);2H,1H3;1H3/t25-;24-;;/m00../s1. The highest BCUT2D eigenvalue weighted by Gasteiger charge is 2.43. The molecule has 2 atom stereocenters. The third kappa shape index (κ3) is 9.87. The minimum Gasteiger partial charge on any atom is -0.464 e. The first-order valence-corrected chi connectivity index (χ1v) is 21.9. The number of aryl methyl sites for hydroxylation is 2. The molecule has 368 valence electrons. The van der Waals surface area contributed by atoms with Crippen molar-refractivity contribution in [2.45, 2.75) is 24.0 Å². The van der Waals surface area contributed by atoms with E-state index in [1.165, 1.54) is 21.6 Å². The van der Waals surface area contributed by atoms with E-state index in [0.717, 1.165) is 18.2 Å². The van der Waals surface area contributed by atoms with Gasteiger partial charge in [0.05, 0.1) is 53.0 Å². The number of carbonyl (C=O) groups excluding carboxylic acids is 4. The van der Waals surface area contributed by atoms with Crippen LogP contribution < -0.4 is 11.9 Å². The quantitative estimate of drug-likeness (QED) is 0.118. The number of hydrogen-bond acceptors (Lipinski definition) is 15. The van der Waals surface area contributed by atoms with Crippen molar-refractivity contribution in [2.24, 2.45) is 19.8 Å². The zero-order valence-corrected chi connectivity index (χ0v) is 40.1. The second-order valence-corrected chi connectivity index (χ2v) is 16.6. The Labute approximate surface area is 411 Å². The van der Waals surface area contributed by atoms with Gasteiger partial charge in [-0.25, -0.2) is 24.1 Å². The van der Waals surface area contributed by atoms with Crippen molar-refractivity contribution in [3.05, 3.63) is 120 Å². The van der Waals surface area contributed by atoms with Gasteiger partial charge in [0.1, 0.15) is 0 Å². The number of ether oxygens (including phenoxy) is 1. The number of esters is 1. The van der Waals surface area contributed by atoms with E-state index in [0.29, 0.717) is 69.0 Å². The Bertz CT molecular complexity index is 3530. The lowest BCUT2D eigenvalue weighted by atomic mass is 10.0. The van der Waals surface area contributed by atoms with Crippen molar-refractivity contribution in [1.82, 2.24) is 65.0 Å². The second-order valence-electron chi connectivity index (χ2n) is 16.6. The smallest absolute Gasteiger partial charge is 0.359 e. The normalized spacial score (nSPS) is 17.0. The summed E-state index contributed by atoms with van der Waals surface area (Å²) in [6, 6.07) is 21.3. The molecule has 2 aliphatic heterocycles. The van der Waals surface area contributed by atoms with E-state index in [1.807, 2.05) is 26.5 Å². The highest BCUT2D eigenvalue weighted by molar-refractivity contribution is 6.04. The maximum Gasteiger partial charge on any atom is 0.359 e. The molecule has 2 fully saturated rings. The zero-order chi connectivity index (χ0) is 50.8. The minimum atomic E-state index is -1.69. The molecule has 3 amide bonds. The molecular weight excluding hydrogens is 925 g/mol. The largest absolute Gasteiger partial charge is 0.464 e. The molecule has 8 N–H and O–H groups in total. The Balaban J connectivity index is 0.000000202. The van der Waals surface area contributed by atoms with Crippen LogP contribution in [0.4, 0.5) is 0 Å². The Morgan fingerprint density at radius 2 is 1.10 bits per heavy atom. The molecule has 22 heteroatoms. The van der Waals surface area contributed by atoms with Crippen LogP contribution in [0.25, 0.3) is 56.0 Å². The average Bonchev–Trinajstić information content (AvgIpc) is 4.26. The van der Waals surface area contributed by atoms with Gasteiger partial charge in [0, 0.05) is 95.9 Å². The zero-order valence-electron chi connectivity index (χ0n) is 40.1. The van der Waals surface area contributed by atoms with Crippen molar-refractivity contribution >= 4 is 45.8 Å². The van der Waals surface area contributed by atoms with Gasteiger partial charge in [-0.15, -0.1) is 0 Å². The van der Waals surface area contributed by atoms with Crippen LogP contribution in [0.15, 0.2) is 97.6 Å². The average molecular weight is 975 g/mol. The van der Waals surface area contributed by atoms with Crippen LogP contribution in [-0.2, 0) is 28.4 Å². The fourth-order valence-electron chi connectivity index (χ4n) is 7.93. The number of aliphatic hydroxyl groups is 3. The summed E-state index contributed by atoms with van der Waals surface area (Å²) in [5, 5.41) is 46.5.